The van der Waals surface area contributed by atoms with Crippen LogP contribution in [-0.2, 0) is 6.61 Å². The maximum Gasteiger partial charge on any atom is 0.156 e. The molecule has 2 aromatic carbocycles. The van der Waals surface area contributed by atoms with Crippen LogP contribution in [0.25, 0.3) is 0 Å². The average molecular weight is 343 g/mol. The highest BCUT2D eigenvalue weighted by molar-refractivity contribution is 9.10. The molecule has 0 aliphatic heterocycles. The Balaban J connectivity index is 2.19. The van der Waals surface area contributed by atoms with E-state index in [4.69, 9.17) is 26.8 Å². The summed E-state index contributed by atoms with van der Waals surface area (Å²) in [6, 6.07) is 11.1. The maximum absolute atomic E-state index is 5.90. The average Bonchev–Trinajstić information content (AvgIpc) is 2.38. The highest BCUT2D eigenvalue weighted by atomic mass is 79.9. The molecule has 0 fully saturated rings. The molecule has 0 atom stereocenters. The summed E-state index contributed by atoms with van der Waals surface area (Å²) in [7, 11) is 1.63. The summed E-state index contributed by atoms with van der Waals surface area (Å²) < 4.78 is 11.7. The zero-order valence-corrected chi connectivity index (χ0v) is 12.7. The number of hydrogen-bond acceptors (Lipinski definition) is 3. The van der Waals surface area contributed by atoms with Crippen molar-refractivity contribution in [2.24, 2.45) is 0 Å². The molecule has 0 saturated carbocycles. The first kappa shape index (κ1) is 14.0. The lowest BCUT2D eigenvalue weighted by molar-refractivity contribution is 0.296. The van der Waals surface area contributed by atoms with Gasteiger partial charge < -0.3 is 15.2 Å². The molecule has 2 aromatic rings. The molecule has 19 heavy (non-hydrogen) atoms. The number of benzene rings is 2. The Morgan fingerprint density at radius 1 is 1.26 bits per heavy atom. The minimum absolute atomic E-state index is 0.369. The van der Waals surface area contributed by atoms with Gasteiger partial charge in [-0.15, -0.1) is 0 Å². The Hall–Kier alpha value is -1.39. The fourth-order valence-corrected chi connectivity index (χ4v) is 2.65. The SMILES string of the molecule is COc1ccccc1COc1c(N)cc(Cl)cc1Br. The fraction of sp³-hybridized carbons (Fsp3) is 0.143. The zero-order chi connectivity index (χ0) is 13.8. The van der Waals surface area contributed by atoms with Gasteiger partial charge in [-0.1, -0.05) is 29.8 Å². The van der Waals surface area contributed by atoms with Crippen molar-refractivity contribution >= 4 is 33.2 Å². The first-order valence-electron chi connectivity index (χ1n) is 5.61. The van der Waals surface area contributed by atoms with E-state index in [2.05, 4.69) is 15.9 Å². The third kappa shape index (κ3) is 3.33. The van der Waals surface area contributed by atoms with Gasteiger partial charge in [0.05, 0.1) is 17.3 Å². The van der Waals surface area contributed by atoms with Crippen molar-refractivity contribution in [3.63, 3.8) is 0 Å². The van der Waals surface area contributed by atoms with Crippen LogP contribution in [-0.4, -0.2) is 7.11 Å². The standard InChI is InChI=1S/C14H13BrClNO2/c1-18-13-5-3-2-4-9(13)8-19-14-11(15)6-10(16)7-12(14)17/h2-7H,8,17H2,1H3. The van der Waals surface area contributed by atoms with Crippen LogP contribution in [0.2, 0.25) is 5.02 Å². The Morgan fingerprint density at radius 2 is 2.00 bits per heavy atom. The number of nitrogens with two attached hydrogens (primary N) is 1. The molecule has 0 bridgehead atoms. The molecule has 0 unspecified atom stereocenters. The highest BCUT2D eigenvalue weighted by Crippen LogP contribution is 2.35. The second-order valence-corrected chi connectivity index (χ2v) is 5.20. The van der Waals surface area contributed by atoms with E-state index in [9.17, 15) is 0 Å². The van der Waals surface area contributed by atoms with E-state index in [1.165, 1.54) is 0 Å². The summed E-state index contributed by atoms with van der Waals surface area (Å²) in [5, 5.41) is 0.564. The quantitative estimate of drug-likeness (QED) is 0.844. The van der Waals surface area contributed by atoms with E-state index in [-0.39, 0.29) is 0 Å². The molecule has 100 valence electrons. The minimum Gasteiger partial charge on any atom is -0.496 e. The third-order valence-electron chi connectivity index (χ3n) is 2.60. The van der Waals surface area contributed by atoms with Crippen molar-refractivity contribution in [3.8, 4) is 11.5 Å². The van der Waals surface area contributed by atoms with Crippen LogP contribution < -0.4 is 15.2 Å². The van der Waals surface area contributed by atoms with Gasteiger partial charge in [-0.3, -0.25) is 0 Å². The molecule has 0 aromatic heterocycles. The third-order valence-corrected chi connectivity index (χ3v) is 3.41. The molecule has 0 radical (unpaired) electrons. The Labute approximate surface area is 125 Å². The molecular formula is C14H13BrClNO2. The highest BCUT2D eigenvalue weighted by Gasteiger charge is 2.09. The molecule has 0 heterocycles. The van der Waals surface area contributed by atoms with Gasteiger partial charge in [0, 0.05) is 10.6 Å². The van der Waals surface area contributed by atoms with Crippen LogP contribution in [0.1, 0.15) is 5.56 Å². The van der Waals surface area contributed by atoms with Crippen LogP contribution in [0.3, 0.4) is 0 Å². The predicted molar refractivity (Wildman–Crippen MR) is 80.9 cm³/mol. The van der Waals surface area contributed by atoms with Crippen LogP contribution in [0, 0.1) is 0 Å². The van der Waals surface area contributed by atoms with Gasteiger partial charge in [-0.05, 0) is 34.1 Å². The normalized spacial score (nSPS) is 10.3. The van der Waals surface area contributed by atoms with Gasteiger partial charge in [0.2, 0.25) is 0 Å². The second-order valence-electron chi connectivity index (χ2n) is 3.91. The summed E-state index contributed by atoms with van der Waals surface area (Å²) in [4.78, 5) is 0. The van der Waals surface area contributed by atoms with Gasteiger partial charge in [0.25, 0.3) is 0 Å². The maximum atomic E-state index is 5.90. The lowest BCUT2D eigenvalue weighted by Crippen LogP contribution is -2.01. The first-order chi connectivity index (χ1) is 9.11. The largest absolute Gasteiger partial charge is 0.496 e. The molecule has 0 saturated heterocycles. The van der Waals surface area contributed by atoms with E-state index < -0.39 is 0 Å². The fourth-order valence-electron chi connectivity index (χ4n) is 1.70. The minimum atomic E-state index is 0.369. The van der Waals surface area contributed by atoms with Crippen LogP contribution in [0.5, 0.6) is 11.5 Å². The number of para-hydroxylation sites is 1. The molecule has 0 spiro atoms. The zero-order valence-electron chi connectivity index (χ0n) is 10.3. The van der Waals surface area contributed by atoms with Crippen molar-refractivity contribution in [2.45, 2.75) is 6.61 Å². The summed E-state index contributed by atoms with van der Waals surface area (Å²) in [6.45, 7) is 0.369. The summed E-state index contributed by atoms with van der Waals surface area (Å²) in [5.74, 6) is 1.36. The number of anilines is 1. The van der Waals surface area contributed by atoms with E-state index in [0.717, 1.165) is 15.8 Å². The van der Waals surface area contributed by atoms with Crippen molar-refractivity contribution in [1.82, 2.24) is 0 Å². The summed E-state index contributed by atoms with van der Waals surface area (Å²) in [5.41, 5.74) is 7.33. The van der Waals surface area contributed by atoms with Gasteiger partial charge >= 0.3 is 0 Å². The summed E-state index contributed by atoms with van der Waals surface area (Å²) in [6.07, 6.45) is 0. The summed E-state index contributed by atoms with van der Waals surface area (Å²) >= 11 is 9.29. The van der Waals surface area contributed by atoms with E-state index in [1.807, 2.05) is 24.3 Å². The smallest absolute Gasteiger partial charge is 0.156 e. The van der Waals surface area contributed by atoms with Crippen LogP contribution in [0.4, 0.5) is 5.69 Å². The van der Waals surface area contributed by atoms with E-state index in [1.54, 1.807) is 19.2 Å². The van der Waals surface area contributed by atoms with Gasteiger partial charge in [-0.2, -0.15) is 0 Å². The molecule has 2 rings (SSSR count). The van der Waals surface area contributed by atoms with Gasteiger partial charge in [-0.25, -0.2) is 0 Å². The molecule has 0 aliphatic rings. The number of ether oxygens (including phenoxy) is 2. The van der Waals surface area contributed by atoms with Gasteiger partial charge in [0.1, 0.15) is 12.4 Å². The van der Waals surface area contributed by atoms with E-state index >= 15 is 0 Å². The lowest BCUT2D eigenvalue weighted by atomic mass is 10.2. The number of halogens is 2. The topological polar surface area (TPSA) is 44.5 Å². The Morgan fingerprint density at radius 3 is 2.68 bits per heavy atom. The van der Waals surface area contributed by atoms with Crippen LogP contribution in [0.15, 0.2) is 40.9 Å². The first-order valence-corrected chi connectivity index (χ1v) is 6.78. The molecule has 3 nitrogen and oxygen atoms in total. The van der Waals surface area contributed by atoms with Crippen molar-refractivity contribution in [1.29, 1.82) is 0 Å². The Bertz CT molecular complexity index is 566. The molecule has 5 heteroatoms. The van der Waals surface area contributed by atoms with Gasteiger partial charge in [0.15, 0.2) is 5.75 Å². The number of methoxy groups -OCH3 is 1. The second kappa shape index (κ2) is 6.17. The monoisotopic (exact) mass is 341 g/mol. The predicted octanol–water partition coefficient (Wildman–Crippen LogP) is 4.27. The molecule has 0 aliphatic carbocycles. The van der Waals surface area contributed by atoms with Crippen LogP contribution >= 0.6 is 27.5 Å². The number of rotatable bonds is 4. The number of nitrogen functional groups attached to an aromatic ring is 1. The van der Waals surface area contributed by atoms with Crippen molar-refractivity contribution in [3.05, 3.63) is 51.5 Å². The molecule has 0 amide bonds. The van der Waals surface area contributed by atoms with Crippen molar-refractivity contribution < 1.29 is 9.47 Å². The van der Waals surface area contributed by atoms with E-state index in [0.29, 0.717) is 23.1 Å². The Kier molecular flexibility index (Phi) is 4.56. The lowest BCUT2D eigenvalue weighted by Gasteiger charge is -2.13. The molecule has 2 N–H and O–H groups in total. The van der Waals surface area contributed by atoms with Crippen molar-refractivity contribution in [2.75, 3.05) is 12.8 Å². The number of hydrogen-bond donors (Lipinski definition) is 1. The molecular weight excluding hydrogens is 330 g/mol.